The highest BCUT2D eigenvalue weighted by atomic mass is 16.3. The number of nitrogen functional groups attached to an aromatic ring is 1. The van der Waals surface area contributed by atoms with Crippen LogP contribution in [0.2, 0.25) is 0 Å². The molecule has 0 aliphatic carbocycles. The Hall–Kier alpha value is -1.73. The number of nitrogens with zero attached hydrogens (tertiary/aromatic N) is 2. The van der Waals surface area contributed by atoms with Gasteiger partial charge < -0.3 is 27.0 Å². The van der Waals surface area contributed by atoms with Gasteiger partial charge >= 0.3 is 0 Å². The van der Waals surface area contributed by atoms with Crippen molar-refractivity contribution in [2.24, 2.45) is 5.73 Å². The van der Waals surface area contributed by atoms with Gasteiger partial charge in [0.15, 0.2) is 5.82 Å². The second-order valence-electron chi connectivity index (χ2n) is 3.48. The number of anilines is 2. The first-order valence-electron chi connectivity index (χ1n) is 4.84. The van der Waals surface area contributed by atoms with Crippen LogP contribution >= 0.6 is 0 Å². The molecular formula is C9H17N5O2. The maximum atomic E-state index is 8.89. The summed E-state index contributed by atoms with van der Waals surface area (Å²) < 4.78 is 1.42. The van der Waals surface area contributed by atoms with Crippen LogP contribution in [0.5, 0.6) is 0 Å². The lowest BCUT2D eigenvalue weighted by Gasteiger charge is -2.11. The molecule has 0 radical (unpaired) electrons. The summed E-state index contributed by atoms with van der Waals surface area (Å²) in [5, 5.41) is 24.7. The van der Waals surface area contributed by atoms with Crippen molar-refractivity contribution in [2.75, 3.05) is 24.3 Å². The summed E-state index contributed by atoms with van der Waals surface area (Å²) >= 11 is 0. The molecule has 0 aromatic carbocycles. The highest BCUT2D eigenvalue weighted by molar-refractivity contribution is 5.51. The first-order valence-corrected chi connectivity index (χ1v) is 4.84. The Morgan fingerprint density at radius 3 is 2.75 bits per heavy atom. The van der Waals surface area contributed by atoms with Gasteiger partial charge in [0.05, 0.1) is 19.3 Å². The fraction of sp³-hybridized carbons (Fsp3) is 0.444. The van der Waals surface area contributed by atoms with Crippen LogP contribution in [0.25, 0.3) is 6.20 Å². The van der Waals surface area contributed by atoms with Crippen LogP contribution in [-0.4, -0.2) is 39.2 Å². The lowest BCUT2D eigenvalue weighted by atomic mass is 10.3. The Labute approximate surface area is 93.4 Å². The molecule has 0 amide bonds. The Morgan fingerprint density at radius 1 is 1.62 bits per heavy atom. The van der Waals surface area contributed by atoms with Crippen molar-refractivity contribution in [3.8, 4) is 0 Å². The fourth-order valence-electron chi connectivity index (χ4n) is 1.13. The maximum absolute atomic E-state index is 8.89. The highest BCUT2D eigenvalue weighted by Gasteiger charge is 2.09. The normalized spacial score (nSPS) is 12.1. The molecule has 0 aliphatic heterocycles. The average Bonchev–Trinajstić information content (AvgIpc) is 2.55. The average molecular weight is 227 g/mol. The third-order valence-electron chi connectivity index (χ3n) is 1.88. The summed E-state index contributed by atoms with van der Waals surface area (Å²) in [5.74, 6) is 0.894. The second kappa shape index (κ2) is 5.38. The number of hydrogen-bond acceptors (Lipinski definition) is 6. The van der Waals surface area contributed by atoms with Crippen LogP contribution in [0.4, 0.5) is 11.6 Å². The van der Waals surface area contributed by atoms with Gasteiger partial charge in [-0.2, -0.15) is 0 Å². The smallest absolute Gasteiger partial charge is 0.151 e. The highest BCUT2D eigenvalue weighted by Crippen LogP contribution is 2.12. The zero-order valence-electron chi connectivity index (χ0n) is 9.09. The molecule has 7 nitrogen and oxygen atoms in total. The fourth-order valence-corrected chi connectivity index (χ4v) is 1.13. The van der Waals surface area contributed by atoms with Crippen LogP contribution in [-0.2, 0) is 0 Å². The minimum atomic E-state index is -0.453. The third kappa shape index (κ3) is 3.14. The molecule has 7 heteroatoms. The summed E-state index contributed by atoms with van der Waals surface area (Å²) in [6, 6.07) is 1.14. The van der Waals surface area contributed by atoms with Gasteiger partial charge in [-0.1, -0.05) is 0 Å². The quantitative estimate of drug-likeness (QED) is 0.440. The minimum Gasteiger partial charge on any atom is -0.401 e. The molecule has 1 rings (SSSR count). The van der Waals surface area contributed by atoms with Crippen molar-refractivity contribution in [1.29, 1.82) is 0 Å². The Balaban J connectivity index is 2.80. The summed E-state index contributed by atoms with van der Waals surface area (Å²) in [7, 11) is 0. The predicted molar refractivity (Wildman–Crippen MR) is 62.4 cm³/mol. The SMILES string of the molecule is C/C(N)=C/n1nc(NC(CO)CO)cc1N. The van der Waals surface area contributed by atoms with E-state index in [0.29, 0.717) is 17.3 Å². The molecule has 0 spiro atoms. The number of aromatic nitrogens is 2. The van der Waals surface area contributed by atoms with Crippen molar-refractivity contribution in [1.82, 2.24) is 9.78 Å². The molecule has 0 fully saturated rings. The molecule has 1 aromatic heterocycles. The second-order valence-corrected chi connectivity index (χ2v) is 3.48. The Bertz CT molecular complexity index is 366. The largest absolute Gasteiger partial charge is 0.401 e. The molecule has 0 bridgehead atoms. The number of aliphatic hydroxyl groups excluding tert-OH is 2. The van der Waals surface area contributed by atoms with Gasteiger partial charge in [0, 0.05) is 18.0 Å². The molecule has 0 unspecified atom stereocenters. The van der Waals surface area contributed by atoms with E-state index in [9.17, 15) is 0 Å². The number of nitrogens with one attached hydrogen (secondary N) is 1. The Morgan fingerprint density at radius 2 is 2.25 bits per heavy atom. The topological polar surface area (TPSA) is 122 Å². The summed E-state index contributed by atoms with van der Waals surface area (Å²) in [6.07, 6.45) is 1.58. The van der Waals surface area contributed by atoms with Crippen LogP contribution in [0, 0.1) is 0 Å². The number of aliphatic hydroxyl groups is 2. The molecule has 16 heavy (non-hydrogen) atoms. The van der Waals surface area contributed by atoms with Gasteiger partial charge in [0.2, 0.25) is 0 Å². The standard InChI is InChI=1S/C9H17N5O2/c1-6(10)3-14-8(11)2-9(13-14)12-7(4-15)5-16/h2-3,7,15-16H,4-5,10-11H2,1H3,(H,12,13)/b6-3-. The first-order chi connectivity index (χ1) is 7.56. The molecule has 0 saturated carbocycles. The lowest BCUT2D eigenvalue weighted by molar-refractivity contribution is 0.203. The summed E-state index contributed by atoms with van der Waals surface area (Å²) in [4.78, 5) is 0. The Kier molecular flexibility index (Phi) is 4.15. The lowest BCUT2D eigenvalue weighted by Crippen LogP contribution is -2.27. The van der Waals surface area contributed by atoms with Crippen LogP contribution in [0.3, 0.4) is 0 Å². The van der Waals surface area contributed by atoms with Crippen LogP contribution in [0.15, 0.2) is 11.8 Å². The van der Waals surface area contributed by atoms with Gasteiger partial charge in [-0.3, -0.25) is 0 Å². The zero-order valence-corrected chi connectivity index (χ0v) is 9.09. The minimum absolute atomic E-state index is 0.185. The van der Waals surface area contributed by atoms with Crippen molar-refractivity contribution < 1.29 is 10.2 Å². The van der Waals surface area contributed by atoms with Gasteiger partial charge in [0.25, 0.3) is 0 Å². The number of allylic oxidation sites excluding steroid dienone is 1. The van der Waals surface area contributed by atoms with E-state index >= 15 is 0 Å². The number of hydrogen-bond donors (Lipinski definition) is 5. The van der Waals surface area contributed by atoms with E-state index in [0.717, 1.165) is 0 Å². The maximum Gasteiger partial charge on any atom is 0.151 e. The summed E-state index contributed by atoms with van der Waals surface area (Å²) in [6.45, 7) is 1.35. The van der Waals surface area contributed by atoms with E-state index in [-0.39, 0.29) is 13.2 Å². The molecule has 0 aliphatic rings. The third-order valence-corrected chi connectivity index (χ3v) is 1.88. The zero-order chi connectivity index (χ0) is 12.1. The predicted octanol–water partition coefficient (Wildman–Crippen LogP) is -0.993. The van der Waals surface area contributed by atoms with Gasteiger partial charge in [0.1, 0.15) is 5.82 Å². The van der Waals surface area contributed by atoms with E-state index in [1.54, 1.807) is 19.2 Å². The molecule has 1 heterocycles. The van der Waals surface area contributed by atoms with E-state index in [1.165, 1.54) is 4.68 Å². The number of nitrogens with two attached hydrogens (primary N) is 2. The monoisotopic (exact) mass is 227 g/mol. The van der Waals surface area contributed by atoms with Crippen LogP contribution in [0.1, 0.15) is 6.92 Å². The van der Waals surface area contributed by atoms with E-state index in [2.05, 4.69) is 10.4 Å². The summed E-state index contributed by atoms with van der Waals surface area (Å²) in [5.41, 5.74) is 11.8. The molecule has 0 atom stereocenters. The van der Waals surface area contributed by atoms with E-state index in [4.69, 9.17) is 21.7 Å². The molecule has 90 valence electrons. The molecular weight excluding hydrogens is 210 g/mol. The van der Waals surface area contributed by atoms with Crippen molar-refractivity contribution in [3.05, 3.63) is 11.8 Å². The van der Waals surface area contributed by atoms with Crippen molar-refractivity contribution in [3.63, 3.8) is 0 Å². The van der Waals surface area contributed by atoms with Crippen molar-refractivity contribution >= 4 is 17.8 Å². The van der Waals surface area contributed by atoms with E-state index in [1.807, 2.05) is 0 Å². The van der Waals surface area contributed by atoms with Gasteiger partial charge in [-0.25, -0.2) is 4.68 Å². The molecule has 1 aromatic rings. The number of rotatable bonds is 5. The molecule has 7 N–H and O–H groups in total. The van der Waals surface area contributed by atoms with Crippen LogP contribution < -0.4 is 16.8 Å². The first kappa shape index (κ1) is 12.3. The van der Waals surface area contributed by atoms with Gasteiger partial charge in [-0.15, -0.1) is 5.10 Å². The molecule has 0 saturated heterocycles. The van der Waals surface area contributed by atoms with E-state index < -0.39 is 6.04 Å². The van der Waals surface area contributed by atoms with Gasteiger partial charge in [-0.05, 0) is 6.92 Å². The van der Waals surface area contributed by atoms with Crippen molar-refractivity contribution in [2.45, 2.75) is 13.0 Å².